The molecule has 0 bridgehead atoms. The van der Waals surface area contributed by atoms with Crippen molar-refractivity contribution in [2.45, 2.75) is 52.7 Å². The molecule has 3 heterocycles. The predicted molar refractivity (Wildman–Crippen MR) is 111 cm³/mol. The van der Waals surface area contributed by atoms with Gasteiger partial charge in [-0.1, -0.05) is 35.0 Å². The largest absolute Gasteiger partial charge is 0.361 e. The summed E-state index contributed by atoms with van der Waals surface area (Å²) in [4.78, 5) is 25.5. The van der Waals surface area contributed by atoms with Gasteiger partial charge in [-0.3, -0.25) is 9.36 Å². The van der Waals surface area contributed by atoms with E-state index in [9.17, 15) is 9.59 Å². The van der Waals surface area contributed by atoms with E-state index in [0.717, 1.165) is 16.8 Å². The smallest absolute Gasteiger partial charge is 0.346 e. The summed E-state index contributed by atoms with van der Waals surface area (Å²) >= 11 is 6.16. The zero-order valence-electron chi connectivity index (χ0n) is 17.0. The minimum Gasteiger partial charge on any atom is -0.361 e. The maximum Gasteiger partial charge on any atom is 0.346 e. The summed E-state index contributed by atoms with van der Waals surface area (Å²) in [5.41, 5.74) is 2.36. The molecule has 1 amide bonds. The molecule has 1 aromatic carbocycles. The lowest BCUT2D eigenvalue weighted by Crippen LogP contribution is -2.31. The number of nitrogens with one attached hydrogen (secondary N) is 1. The maximum absolute atomic E-state index is 12.8. The van der Waals surface area contributed by atoms with Gasteiger partial charge in [0.15, 0.2) is 0 Å². The molecule has 0 aliphatic carbocycles. The van der Waals surface area contributed by atoms with Crippen LogP contribution in [0, 0.1) is 19.8 Å². The maximum atomic E-state index is 12.8. The highest BCUT2D eigenvalue weighted by Gasteiger charge is 2.26. The molecule has 0 spiro atoms. The van der Waals surface area contributed by atoms with Crippen LogP contribution in [0.2, 0.25) is 5.02 Å². The van der Waals surface area contributed by atoms with Crippen LogP contribution in [0.15, 0.2) is 33.6 Å². The van der Waals surface area contributed by atoms with E-state index in [1.165, 1.54) is 4.68 Å². The van der Waals surface area contributed by atoms with Crippen molar-refractivity contribution < 1.29 is 9.32 Å². The minimum atomic E-state index is -0.165. The standard InChI is InChI=1S/C21H24ClN5O3/c1-13-17(14(2)30-25-13)12-27-21(29)26-10-9-15(7-8-19(26)24-27)20(28)23-11-16-5-3-4-6-18(16)22/h3-6,15H,7-12H2,1-2H3,(H,23,28). The highest BCUT2D eigenvalue weighted by atomic mass is 35.5. The summed E-state index contributed by atoms with van der Waals surface area (Å²) in [6.45, 7) is 4.88. The number of carbonyl (C=O) groups is 1. The second-order valence-corrected chi connectivity index (χ2v) is 8.05. The lowest BCUT2D eigenvalue weighted by atomic mass is 9.99. The molecule has 8 nitrogen and oxygen atoms in total. The summed E-state index contributed by atoms with van der Waals surface area (Å²) in [6.07, 6.45) is 1.82. The fourth-order valence-corrected chi connectivity index (χ4v) is 4.04. The SMILES string of the molecule is Cc1noc(C)c1Cn1nc2n(c1=O)CCC(C(=O)NCc1ccccc1Cl)CC2. The van der Waals surface area contributed by atoms with Gasteiger partial charge < -0.3 is 9.84 Å². The molecule has 0 saturated heterocycles. The van der Waals surface area contributed by atoms with Crippen LogP contribution in [0.5, 0.6) is 0 Å². The van der Waals surface area contributed by atoms with Crippen LogP contribution >= 0.6 is 11.6 Å². The number of fused-ring (bicyclic) bond motifs is 1. The molecule has 4 rings (SSSR count). The Balaban J connectivity index is 1.41. The first-order valence-electron chi connectivity index (χ1n) is 10.0. The highest BCUT2D eigenvalue weighted by Crippen LogP contribution is 2.20. The molecule has 1 aliphatic rings. The zero-order valence-corrected chi connectivity index (χ0v) is 17.8. The Morgan fingerprint density at radius 1 is 1.30 bits per heavy atom. The third-order valence-electron chi connectivity index (χ3n) is 5.69. The van der Waals surface area contributed by atoms with Crippen LogP contribution < -0.4 is 11.0 Å². The molecule has 0 radical (unpaired) electrons. The average molecular weight is 430 g/mol. The Hall–Kier alpha value is -2.87. The number of aromatic nitrogens is 4. The first-order valence-corrected chi connectivity index (χ1v) is 10.4. The van der Waals surface area contributed by atoms with Gasteiger partial charge in [-0.15, -0.1) is 0 Å². The van der Waals surface area contributed by atoms with Gasteiger partial charge in [0, 0.05) is 36.0 Å². The van der Waals surface area contributed by atoms with Crippen molar-refractivity contribution in [3.8, 4) is 0 Å². The molecule has 0 saturated carbocycles. The zero-order chi connectivity index (χ0) is 21.3. The van der Waals surface area contributed by atoms with Crippen molar-refractivity contribution in [1.82, 2.24) is 24.8 Å². The molecule has 9 heteroatoms. The Kier molecular flexibility index (Phi) is 5.76. The third-order valence-corrected chi connectivity index (χ3v) is 6.06. The van der Waals surface area contributed by atoms with Gasteiger partial charge in [0.2, 0.25) is 5.91 Å². The molecule has 2 aromatic heterocycles. The highest BCUT2D eigenvalue weighted by molar-refractivity contribution is 6.31. The summed E-state index contributed by atoms with van der Waals surface area (Å²) in [5, 5.41) is 12.1. The van der Waals surface area contributed by atoms with E-state index in [1.807, 2.05) is 32.0 Å². The van der Waals surface area contributed by atoms with E-state index in [0.29, 0.717) is 55.5 Å². The first kappa shape index (κ1) is 20.4. The normalized spacial score (nSPS) is 16.2. The summed E-state index contributed by atoms with van der Waals surface area (Å²) in [5.74, 6) is 1.23. The topological polar surface area (TPSA) is 94.9 Å². The minimum absolute atomic E-state index is 0.0169. The van der Waals surface area contributed by atoms with Crippen molar-refractivity contribution in [2.24, 2.45) is 5.92 Å². The lowest BCUT2D eigenvalue weighted by Gasteiger charge is -2.14. The fraction of sp³-hybridized carbons (Fsp3) is 0.429. The Morgan fingerprint density at radius 3 is 2.83 bits per heavy atom. The van der Waals surface area contributed by atoms with Gasteiger partial charge in [0.25, 0.3) is 0 Å². The Bertz CT molecular complexity index is 1110. The number of rotatable bonds is 5. The molecule has 1 N–H and O–H groups in total. The molecular formula is C21H24ClN5O3. The van der Waals surface area contributed by atoms with Gasteiger partial charge in [0.1, 0.15) is 11.6 Å². The summed E-state index contributed by atoms with van der Waals surface area (Å²) in [7, 11) is 0. The number of nitrogens with zero attached hydrogens (tertiary/aromatic N) is 4. The lowest BCUT2D eigenvalue weighted by molar-refractivity contribution is -0.125. The fourth-order valence-electron chi connectivity index (χ4n) is 3.84. The van der Waals surface area contributed by atoms with Crippen LogP contribution in [0.3, 0.4) is 0 Å². The monoisotopic (exact) mass is 429 g/mol. The molecule has 1 unspecified atom stereocenters. The average Bonchev–Trinajstić information content (AvgIpc) is 3.10. The molecule has 1 atom stereocenters. The number of hydrogen-bond acceptors (Lipinski definition) is 5. The van der Waals surface area contributed by atoms with Gasteiger partial charge in [-0.05, 0) is 38.3 Å². The first-order chi connectivity index (χ1) is 14.4. The van der Waals surface area contributed by atoms with Crippen molar-refractivity contribution in [2.75, 3.05) is 0 Å². The van der Waals surface area contributed by atoms with Crippen molar-refractivity contribution in [3.63, 3.8) is 0 Å². The second kappa shape index (κ2) is 8.47. The quantitative estimate of drug-likeness (QED) is 0.672. The third kappa shape index (κ3) is 4.05. The van der Waals surface area contributed by atoms with Crippen LogP contribution in [0.25, 0.3) is 0 Å². The predicted octanol–water partition coefficient (Wildman–Crippen LogP) is 2.62. The molecule has 3 aromatic rings. The Morgan fingerprint density at radius 2 is 2.10 bits per heavy atom. The number of halogens is 1. The number of hydrogen-bond donors (Lipinski definition) is 1. The van der Waals surface area contributed by atoms with Crippen LogP contribution in [-0.2, 0) is 30.8 Å². The van der Waals surface area contributed by atoms with E-state index in [1.54, 1.807) is 10.6 Å². The number of aryl methyl sites for hydroxylation is 3. The van der Waals surface area contributed by atoms with E-state index >= 15 is 0 Å². The van der Waals surface area contributed by atoms with Gasteiger partial charge in [-0.25, -0.2) is 9.48 Å². The van der Waals surface area contributed by atoms with E-state index < -0.39 is 0 Å². The Labute approximate surface area is 178 Å². The van der Waals surface area contributed by atoms with Crippen LogP contribution in [0.1, 0.15) is 41.2 Å². The van der Waals surface area contributed by atoms with E-state index in [-0.39, 0.29) is 17.5 Å². The van der Waals surface area contributed by atoms with Crippen molar-refractivity contribution in [3.05, 3.63) is 68.2 Å². The van der Waals surface area contributed by atoms with Crippen molar-refractivity contribution in [1.29, 1.82) is 0 Å². The molecule has 0 fully saturated rings. The summed E-state index contributed by atoms with van der Waals surface area (Å²) < 4.78 is 8.32. The number of carbonyl (C=O) groups excluding carboxylic acids is 1. The van der Waals surface area contributed by atoms with Gasteiger partial charge in [-0.2, -0.15) is 5.10 Å². The van der Waals surface area contributed by atoms with Gasteiger partial charge in [0.05, 0.1) is 12.2 Å². The molecule has 158 valence electrons. The van der Waals surface area contributed by atoms with E-state index in [4.69, 9.17) is 16.1 Å². The van der Waals surface area contributed by atoms with Crippen molar-refractivity contribution >= 4 is 17.5 Å². The van der Waals surface area contributed by atoms with Crippen LogP contribution in [0.4, 0.5) is 0 Å². The number of amides is 1. The number of benzene rings is 1. The van der Waals surface area contributed by atoms with E-state index in [2.05, 4.69) is 15.6 Å². The molecule has 1 aliphatic heterocycles. The molecular weight excluding hydrogens is 406 g/mol. The van der Waals surface area contributed by atoms with Crippen LogP contribution in [-0.4, -0.2) is 25.4 Å². The summed E-state index contributed by atoms with van der Waals surface area (Å²) in [6, 6.07) is 7.46. The van der Waals surface area contributed by atoms with Gasteiger partial charge >= 0.3 is 5.69 Å². The molecule has 30 heavy (non-hydrogen) atoms. The second-order valence-electron chi connectivity index (χ2n) is 7.64.